The van der Waals surface area contributed by atoms with E-state index in [4.69, 9.17) is 10.5 Å². The SMILES string of the molecule is NC(C1=CCCO1)c1c(F)cc(F)cc1F. The first-order chi connectivity index (χ1) is 7.59. The Hall–Kier alpha value is -1.49. The van der Waals surface area contributed by atoms with Crippen LogP contribution in [0, 0.1) is 17.5 Å². The minimum atomic E-state index is -1.02. The van der Waals surface area contributed by atoms with Crippen molar-refractivity contribution in [3.63, 3.8) is 0 Å². The van der Waals surface area contributed by atoms with Crippen LogP contribution in [0.25, 0.3) is 0 Å². The highest BCUT2D eigenvalue weighted by Crippen LogP contribution is 2.28. The van der Waals surface area contributed by atoms with Gasteiger partial charge in [-0.15, -0.1) is 0 Å². The molecule has 0 saturated heterocycles. The van der Waals surface area contributed by atoms with Crippen LogP contribution >= 0.6 is 0 Å². The quantitative estimate of drug-likeness (QED) is 0.845. The minimum Gasteiger partial charge on any atom is -0.496 e. The minimum absolute atomic E-state index is 0.324. The van der Waals surface area contributed by atoms with Gasteiger partial charge < -0.3 is 10.5 Å². The molecule has 1 aliphatic rings. The zero-order chi connectivity index (χ0) is 11.7. The van der Waals surface area contributed by atoms with Crippen molar-refractivity contribution in [2.75, 3.05) is 6.61 Å². The molecule has 0 spiro atoms. The summed E-state index contributed by atoms with van der Waals surface area (Å²) in [5, 5.41) is 0. The lowest BCUT2D eigenvalue weighted by Crippen LogP contribution is -2.17. The molecule has 1 atom stereocenters. The molecule has 1 aromatic carbocycles. The van der Waals surface area contributed by atoms with Crippen LogP contribution in [-0.4, -0.2) is 6.61 Å². The number of benzene rings is 1. The molecule has 2 N–H and O–H groups in total. The first kappa shape index (κ1) is 11.0. The van der Waals surface area contributed by atoms with E-state index in [-0.39, 0.29) is 5.56 Å². The Kier molecular flexibility index (Phi) is 2.87. The summed E-state index contributed by atoms with van der Waals surface area (Å²) < 4.78 is 44.5. The number of rotatable bonds is 2. The summed E-state index contributed by atoms with van der Waals surface area (Å²) in [6.45, 7) is 0.452. The van der Waals surface area contributed by atoms with E-state index in [1.807, 2.05) is 0 Å². The van der Waals surface area contributed by atoms with E-state index in [0.29, 0.717) is 30.9 Å². The summed E-state index contributed by atoms with van der Waals surface area (Å²) in [5.74, 6) is -2.64. The highest BCUT2D eigenvalue weighted by molar-refractivity contribution is 5.29. The Labute approximate surface area is 90.5 Å². The highest BCUT2D eigenvalue weighted by Gasteiger charge is 2.24. The highest BCUT2D eigenvalue weighted by atomic mass is 19.1. The van der Waals surface area contributed by atoms with Crippen LogP contribution in [0.5, 0.6) is 0 Å². The zero-order valence-corrected chi connectivity index (χ0v) is 8.34. The molecule has 1 unspecified atom stereocenters. The summed E-state index contributed by atoms with van der Waals surface area (Å²) in [7, 11) is 0. The largest absolute Gasteiger partial charge is 0.496 e. The summed E-state index contributed by atoms with van der Waals surface area (Å²) >= 11 is 0. The molecule has 5 heteroatoms. The second kappa shape index (κ2) is 4.17. The summed E-state index contributed by atoms with van der Waals surface area (Å²) in [5.41, 5.74) is 5.29. The molecule has 1 aromatic rings. The fraction of sp³-hybridized carbons (Fsp3) is 0.273. The van der Waals surface area contributed by atoms with Crippen LogP contribution in [0.1, 0.15) is 18.0 Å². The molecule has 1 aliphatic heterocycles. The van der Waals surface area contributed by atoms with Crippen molar-refractivity contribution >= 4 is 0 Å². The Morgan fingerprint density at radius 3 is 2.31 bits per heavy atom. The second-order valence-electron chi connectivity index (χ2n) is 3.50. The fourth-order valence-electron chi connectivity index (χ4n) is 1.65. The van der Waals surface area contributed by atoms with E-state index in [1.165, 1.54) is 0 Å². The molecule has 2 nitrogen and oxygen atoms in total. The van der Waals surface area contributed by atoms with Crippen molar-refractivity contribution in [3.8, 4) is 0 Å². The van der Waals surface area contributed by atoms with Crippen molar-refractivity contribution in [3.05, 3.63) is 47.0 Å². The normalized spacial score (nSPS) is 16.9. The number of nitrogens with two attached hydrogens (primary N) is 1. The molecule has 2 rings (SSSR count). The topological polar surface area (TPSA) is 35.2 Å². The monoisotopic (exact) mass is 229 g/mol. The second-order valence-corrected chi connectivity index (χ2v) is 3.50. The average molecular weight is 229 g/mol. The summed E-state index contributed by atoms with van der Waals surface area (Å²) in [4.78, 5) is 0. The van der Waals surface area contributed by atoms with Gasteiger partial charge in [-0.1, -0.05) is 0 Å². The number of halogens is 3. The Bertz CT molecular complexity index is 422. The first-order valence-electron chi connectivity index (χ1n) is 4.82. The molecule has 0 radical (unpaired) electrons. The maximum absolute atomic E-state index is 13.4. The molecular weight excluding hydrogens is 219 g/mol. The van der Waals surface area contributed by atoms with Crippen molar-refractivity contribution in [1.29, 1.82) is 0 Å². The Morgan fingerprint density at radius 2 is 1.81 bits per heavy atom. The lowest BCUT2D eigenvalue weighted by atomic mass is 10.0. The van der Waals surface area contributed by atoms with E-state index >= 15 is 0 Å². The van der Waals surface area contributed by atoms with Gasteiger partial charge in [0.15, 0.2) is 0 Å². The number of hydrogen-bond donors (Lipinski definition) is 1. The van der Waals surface area contributed by atoms with Crippen LogP contribution in [0.3, 0.4) is 0 Å². The van der Waals surface area contributed by atoms with Crippen molar-refractivity contribution in [1.82, 2.24) is 0 Å². The van der Waals surface area contributed by atoms with E-state index in [0.717, 1.165) is 0 Å². The van der Waals surface area contributed by atoms with Gasteiger partial charge in [-0.25, -0.2) is 13.2 Å². The molecule has 16 heavy (non-hydrogen) atoms. The lowest BCUT2D eigenvalue weighted by molar-refractivity contribution is 0.223. The van der Waals surface area contributed by atoms with E-state index < -0.39 is 23.5 Å². The van der Waals surface area contributed by atoms with Crippen molar-refractivity contribution in [2.45, 2.75) is 12.5 Å². The van der Waals surface area contributed by atoms with Gasteiger partial charge in [0.25, 0.3) is 0 Å². The maximum atomic E-state index is 13.4. The van der Waals surface area contributed by atoms with Gasteiger partial charge in [-0.05, 0) is 6.08 Å². The average Bonchev–Trinajstić information content (AvgIpc) is 2.67. The fourth-order valence-corrected chi connectivity index (χ4v) is 1.65. The molecule has 0 saturated carbocycles. The van der Waals surface area contributed by atoms with Crippen molar-refractivity contribution < 1.29 is 17.9 Å². The van der Waals surface area contributed by atoms with Gasteiger partial charge >= 0.3 is 0 Å². The van der Waals surface area contributed by atoms with E-state index in [1.54, 1.807) is 6.08 Å². The Balaban J connectivity index is 2.39. The third-order valence-corrected chi connectivity index (χ3v) is 2.39. The summed E-state index contributed by atoms with van der Waals surface area (Å²) in [6, 6.07) is 0.185. The predicted molar refractivity (Wildman–Crippen MR) is 51.9 cm³/mol. The van der Waals surface area contributed by atoms with Crippen LogP contribution < -0.4 is 5.73 Å². The zero-order valence-electron chi connectivity index (χ0n) is 8.34. The van der Waals surface area contributed by atoms with Crippen molar-refractivity contribution in [2.24, 2.45) is 5.73 Å². The molecule has 86 valence electrons. The van der Waals surface area contributed by atoms with Crippen LogP contribution in [0.4, 0.5) is 13.2 Å². The Morgan fingerprint density at radius 1 is 1.19 bits per heavy atom. The molecule has 0 aliphatic carbocycles. The van der Waals surface area contributed by atoms with Crippen LogP contribution in [0.2, 0.25) is 0 Å². The third kappa shape index (κ3) is 1.90. The van der Waals surface area contributed by atoms with Gasteiger partial charge in [0.1, 0.15) is 23.2 Å². The van der Waals surface area contributed by atoms with Gasteiger partial charge in [-0.3, -0.25) is 0 Å². The van der Waals surface area contributed by atoms with Gasteiger partial charge in [0, 0.05) is 24.1 Å². The number of ether oxygens (including phenoxy) is 1. The third-order valence-electron chi connectivity index (χ3n) is 2.39. The number of hydrogen-bond acceptors (Lipinski definition) is 2. The molecule has 0 bridgehead atoms. The first-order valence-corrected chi connectivity index (χ1v) is 4.82. The van der Waals surface area contributed by atoms with Gasteiger partial charge in [0.05, 0.1) is 12.6 Å². The lowest BCUT2D eigenvalue weighted by Gasteiger charge is -2.15. The molecular formula is C11H10F3NO. The van der Waals surface area contributed by atoms with Gasteiger partial charge in [0.2, 0.25) is 0 Å². The molecule has 0 amide bonds. The molecule has 0 fully saturated rings. The van der Waals surface area contributed by atoms with E-state index in [2.05, 4.69) is 0 Å². The molecule has 1 heterocycles. The van der Waals surface area contributed by atoms with E-state index in [9.17, 15) is 13.2 Å². The van der Waals surface area contributed by atoms with Crippen LogP contribution in [-0.2, 0) is 4.74 Å². The maximum Gasteiger partial charge on any atom is 0.134 e. The molecule has 0 aromatic heterocycles. The van der Waals surface area contributed by atoms with Gasteiger partial charge in [-0.2, -0.15) is 0 Å². The predicted octanol–water partition coefficient (Wildman–Crippen LogP) is 2.41. The smallest absolute Gasteiger partial charge is 0.134 e. The standard InChI is InChI=1S/C11H10F3NO/c12-6-4-7(13)10(8(14)5-6)11(15)9-2-1-3-16-9/h2,4-5,11H,1,3,15H2. The summed E-state index contributed by atoms with van der Waals surface area (Å²) in [6.07, 6.45) is 2.33. The van der Waals surface area contributed by atoms with Crippen LogP contribution in [0.15, 0.2) is 24.0 Å².